The molecule has 14 rings (SSSR count). The summed E-state index contributed by atoms with van der Waals surface area (Å²) in [4.78, 5) is 7.80. The van der Waals surface area contributed by atoms with Gasteiger partial charge in [0.1, 0.15) is 22.3 Å². The zero-order chi connectivity index (χ0) is 43.0. The number of benzene rings is 9. The highest BCUT2D eigenvalue weighted by Crippen LogP contribution is 2.51. The third-order valence-corrected chi connectivity index (χ3v) is 14.1. The van der Waals surface area contributed by atoms with E-state index in [-0.39, 0.29) is 5.41 Å². The summed E-state index contributed by atoms with van der Waals surface area (Å²) in [6, 6.07) is 74.6. The van der Waals surface area contributed by atoms with Crippen LogP contribution in [0.15, 0.2) is 211 Å². The number of nitrogens with zero attached hydrogens (tertiary/aromatic N) is 4. The Balaban J connectivity index is 0.901. The van der Waals surface area contributed by atoms with Gasteiger partial charge < -0.3 is 9.32 Å². The van der Waals surface area contributed by atoms with Gasteiger partial charge in [-0.1, -0.05) is 153 Å². The molecule has 0 spiro atoms. The lowest BCUT2D eigenvalue weighted by Crippen LogP contribution is -2.16. The molecule has 5 nitrogen and oxygen atoms in total. The zero-order valence-electron chi connectivity index (χ0n) is 35.8. The Morgan fingerprint density at radius 3 is 1.91 bits per heavy atom. The third kappa shape index (κ3) is 5.06. The molecule has 0 unspecified atom stereocenters. The van der Waals surface area contributed by atoms with Gasteiger partial charge in [0.25, 0.3) is 0 Å². The normalized spacial score (nSPS) is 13.2. The second kappa shape index (κ2) is 13.3. The summed E-state index contributed by atoms with van der Waals surface area (Å²) in [5.41, 5.74) is 18.9. The van der Waals surface area contributed by atoms with Gasteiger partial charge in [0, 0.05) is 44.0 Å². The van der Waals surface area contributed by atoms with Gasteiger partial charge in [-0.05, 0) is 105 Å². The van der Waals surface area contributed by atoms with E-state index in [1.54, 1.807) is 0 Å². The van der Waals surface area contributed by atoms with Crippen LogP contribution in [0.2, 0.25) is 0 Å². The fourth-order valence-corrected chi connectivity index (χ4v) is 11.1. The van der Waals surface area contributed by atoms with E-state index in [9.17, 15) is 0 Å². The van der Waals surface area contributed by atoms with Crippen molar-refractivity contribution < 1.29 is 4.42 Å². The molecule has 0 fully saturated rings. The minimum atomic E-state index is -0.135. The molecule has 9 aromatic carbocycles. The van der Waals surface area contributed by atoms with Gasteiger partial charge in [-0.15, -0.1) is 0 Å². The Morgan fingerprint density at radius 2 is 1.09 bits per heavy atom. The van der Waals surface area contributed by atoms with Crippen molar-refractivity contribution in [1.82, 2.24) is 14.0 Å². The third-order valence-electron chi connectivity index (χ3n) is 14.1. The van der Waals surface area contributed by atoms with Crippen LogP contribution in [-0.2, 0) is 5.41 Å². The standard InChI is InChI=1S/C60H40N4O/c1-60(2)49-20-9-5-15-43(49)44-35-34-41(36-50(44)60)62(53-23-13-25-55-56(53)48-19-8-12-24-54(48)65-55)39-30-26-37(27-31-39)38-28-32-40(33-29-38)63-52-22-11-7-18-47(52)57-59(63)64-51-21-10-6-16-45(51)42-14-3-4-17-46(42)58(64)61-57/h3-36H,1-2H3. The molecule has 4 aromatic heterocycles. The summed E-state index contributed by atoms with van der Waals surface area (Å²) >= 11 is 0. The van der Waals surface area contributed by atoms with Crippen LogP contribution in [-0.4, -0.2) is 14.0 Å². The van der Waals surface area contributed by atoms with Crippen LogP contribution >= 0.6 is 0 Å². The Morgan fingerprint density at radius 1 is 0.477 bits per heavy atom. The molecule has 0 aliphatic heterocycles. The molecular weight excluding hydrogens is 793 g/mol. The minimum absolute atomic E-state index is 0.135. The van der Waals surface area contributed by atoms with E-state index in [0.29, 0.717) is 0 Å². The lowest BCUT2D eigenvalue weighted by molar-refractivity contribution is 0.660. The van der Waals surface area contributed by atoms with Gasteiger partial charge in [0.2, 0.25) is 0 Å². The molecule has 4 heterocycles. The number of aromatic nitrogens is 3. The summed E-state index contributed by atoms with van der Waals surface area (Å²) in [5.74, 6) is 0. The second-order valence-electron chi connectivity index (χ2n) is 17.9. The van der Waals surface area contributed by atoms with Crippen molar-refractivity contribution >= 4 is 88.4 Å². The SMILES string of the molecule is CC1(C)c2ccccc2-c2ccc(N(c3ccc(-c4ccc(-n5c6ccccc6c6nc7c8ccccc8c8ccccc8n7c65)cc4)cc3)c3cccc4oc5ccccc5c34)cc21. The van der Waals surface area contributed by atoms with Gasteiger partial charge >= 0.3 is 0 Å². The van der Waals surface area contributed by atoms with E-state index >= 15 is 0 Å². The number of hydrogen-bond acceptors (Lipinski definition) is 3. The second-order valence-corrected chi connectivity index (χ2v) is 17.9. The molecule has 5 heteroatoms. The van der Waals surface area contributed by atoms with Crippen LogP contribution in [0, 0.1) is 0 Å². The van der Waals surface area contributed by atoms with E-state index in [0.717, 1.165) is 94.4 Å². The smallest absolute Gasteiger partial charge is 0.151 e. The van der Waals surface area contributed by atoms with Crippen LogP contribution in [0.25, 0.3) is 99.3 Å². The van der Waals surface area contributed by atoms with Crippen LogP contribution < -0.4 is 4.90 Å². The van der Waals surface area contributed by atoms with Crippen molar-refractivity contribution in [3.63, 3.8) is 0 Å². The van der Waals surface area contributed by atoms with Gasteiger partial charge in [0.15, 0.2) is 5.65 Å². The molecule has 0 saturated heterocycles. The first-order valence-electron chi connectivity index (χ1n) is 22.4. The summed E-state index contributed by atoms with van der Waals surface area (Å²) in [6.07, 6.45) is 0. The van der Waals surface area contributed by atoms with E-state index in [2.05, 4.69) is 228 Å². The number of anilines is 3. The van der Waals surface area contributed by atoms with Crippen molar-refractivity contribution in [2.75, 3.05) is 4.90 Å². The highest BCUT2D eigenvalue weighted by atomic mass is 16.3. The summed E-state index contributed by atoms with van der Waals surface area (Å²) in [5, 5.41) is 6.92. The molecule has 0 bridgehead atoms. The van der Waals surface area contributed by atoms with Crippen molar-refractivity contribution in [2.45, 2.75) is 19.3 Å². The van der Waals surface area contributed by atoms with Crippen LogP contribution in [0.5, 0.6) is 0 Å². The molecule has 306 valence electrons. The number of para-hydroxylation sites is 3. The predicted octanol–water partition coefficient (Wildman–Crippen LogP) is 16.1. The molecular formula is C60H40N4O. The molecule has 0 atom stereocenters. The fraction of sp³-hybridized carbons (Fsp3) is 0.0500. The molecule has 0 N–H and O–H groups in total. The Hall–Kier alpha value is -8.41. The van der Waals surface area contributed by atoms with E-state index in [4.69, 9.17) is 9.40 Å². The van der Waals surface area contributed by atoms with E-state index < -0.39 is 0 Å². The lowest BCUT2D eigenvalue weighted by atomic mass is 9.82. The first kappa shape index (κ1) is 36.1. The van der Waals surface area contributed by atoms with Gasteiger partial charge in [-0.2, -0.15) is 0 Å². The number of hydrogen-bond donors (Lipinski definition) is 0. The van der Waals surface area contributed by atoms with Gasteiger partial charge in [-0.25, -0.2) is 4.98 Å². The highest BCUT2D eigenvalue weighted by molar-refractivity contribution is 6.17. The van der Waals surface area contributed by atoms with Crippen molar-refractivity contribution in [2.24, 2.45) is 0 Å². The first-order chi connectivity index (χ1) is 32.0. The summed E-state index contributed by atoms with van der Waals surface area (Å²) in [6.45, 7) is 4.69. The average Bonchev–Trinajstić information content (AvgIpc) is 4.09. The molecule has 1 aliphatic carbocycles. The number of fused-ring (bicyclic) bond motifs is 16. The van der Waals surface area contributed by atoms with E-state index in [1.807, 2.05) is 6.07 Å². The average molecular weight is 833 g/mol. The largest absolute Gasteiger partial charge is 0.456 e. The quantitative estimate of drug-likeness (QED) is 0.162. The van der Waals surface area contributed by atoms with Gasteiger partial charge in [-0.3, -0.25) is 8.97 Å². The van der Waals surface area contributed by atoms with Gasteiger partial charge in [0.05, 0.1) is 22.1 Å². The monoisotopic (exact) mass is 832 g/mol. The number of furan rings is 1. The fourth-order valence-electron chi connectivity index (χ4n) is 11.1. The maximum absolute atomic E-state index is 6.44. The minimum Gasteiger partial charge on any atom is -0.456 e. The van der Waals surface area contributed by atoms with Crippen LogP contribution in [0.1, 0.15) is 25.0 Å². The maximum atomic E-state index is 6.44. The van der Waals surface area contributed by atoms with Crippen molar-refractivity contribution in [3.8, 4) is 27.9 Å². The summed E-state index contributed by atoms with van der Waals surface area (Å²) < 4.78 is 11.2. The number of imidazole rings is 1. The number of pyridine rings is 1. The lowest BCUT2D eigenvalue weighted by Gasteiger charge is -2.28. The topological polar surface area (TPSA) is 38.6 Å². The molecule has 0 amide bonds. The Bertz CT molecular complexity index is 4090. The number of rotatable bonds is 5. The summed E-state index contributed by atoms with van der Waals surface area (Å²) in [7, 11) is 0. The van der Waals surface area contributed by atoms with Crippen LogP contribution in [0.3, 0.4) is 0 Å². The first-order valence-corrected chi connectivity index (χ1v) is 22.4. The maximum Gasteiger partial charge on any atom is 0.151 e. The highest BCUT2D eigenvalue weighted by Gasteiger charge is 2.36. The predicted molar refractivity (Wildman–Crippen MR) is 270 cm³/mol. The zero-order valence-corrected chi connectivity index (χ0v) is 35.8. The Kier molecular flexibility index (Phi) is 7.39. The molecule has 13 aromatic rings. The van der Waals surface area contributed by atoms with Crippen molar-refractivity contribution in [3.05, 3.63) is 217 Å². The molecule has 1 aliphatic rings. The Labute approximate surface area is 374 Å². The molecule has 0 saturated carbocycles. The molecule has 65 heavy (non-hydrogen) atoms. The van der Waals surface area contributed by atoms with E-state index in [1.165, 1.54) is 33.0 Å². The van der Waals surface area contributed by atoms with Crippen LogP contribution in [0.4, 0.5) is 17.1 Å². The van der Waals surface area contributed by atoms with Crippen molar-refractivity contribution in [1.29, 1.82) is 0 Å². The molecule has 0 radical (unpaired) electrons.